The molecule has 5 heteroatoms. The van der Waals surface area contributed by atoms with Crippen LogP contribution in [0.15, 0.2) is 12.7 Å². The quantitative estimate of drug-likeness (QED) is 0.295. The van der Waals surface area contributed by atoms with Crippen molar-refractivity contribution in [2.75, 3.05) is 6.61 Å². The molecule has 0 amide bonds. The standard InChI is InChI=1S/C12H26O3Si2/c1-7-11(13)14-9-8-10-16-12(2,3)15-17(4,5)6/h7H,1,8-10,16H2,2-6H3. The molecule has 0 radical (unpaired) electrons. The van der Waals surface area contributed by atoms with Crippen molar-refractivity contribution in [1.82, 2.24) is 0 Å². The lowest BCUT2D eigenvalue weighted by Crippen LogP contribution is -2.42. The normalized spacial score (nSPS) is 13.0. The van der Waals surface area contributed by atoms with Crippen molar-refractivity contribution in [2.24, 2.45) is 0 Å². The summed E-state index contributed by atoms with van der Waals surface area (Å²) in [6.07, 6.45) is 2.14. The van der Waals surface area contributed by atoms with E-state index in [9.17, 15) is 4.79 Å². The summed E-state index contributed by atoms with van der Waals surface area (Å²) in [5.74, 6) is -0.329. The van der Waals surface area contributed by atoms with Gasteiger partial charge in [0.25, 0.3) is 0 Å². The lowest BCUT2D eigenvalue weighted by Gasteiger charge is -2.33. The molecule has 3 nitrogen and oxygen atoms in total. The minimum Gasteiger partial charge on any atom is -0.463 e. The van der Waals surface area contributed by atoms with Crippen molar-refractivity contribution in [3.63, 3.8) is 0 Å². The zero-order chi connectivity index (χ0) is 13.5. The Balaban J connectivity index is 3.73. The van der Waals surface area contributed by atoms with E-state index in [2.05, 4.69) is 40.1 Å². The van der Waals surface area contributed by atoms with Crippen LogP contribution in [0.3, 0.4) is 0 Å². The van der Waals surface area contributed by atoms with Gasteiger partial charge < -0.3 is 9.16 Å². The Kier molecular flexibility index (Phi) is 6.96. The van der Waals surface area contributed by atoms with Crippen molar-refractivity contribution in [1.29, 1.82) is 0 Å². The van der Waals surface area contributed by atoms with Crippen LogP contribution >= 0.6 is 0 Å². The van der Waals surface area contributed by atoms with Gasteiger partial charge in [0.05, 0.1) is 16.1 Å². The zero-order valence-electron chi connectivity index (χ0n) is 11.8. The van der Waals surface area contributed by atoms with Gasteiger partial charge in [-0.25, -0.2) is 4.79 Å². The Hall–Kier alpha value is -0.396. The summed E-state index contributed by atoms with van der Waals surface area (Å²) in [6.45, 7) is 14.9. The van der Waals surface area contributed by atoms with Crippen LogP contribution in [-0.2, 0) is 14.0 Å². The highest BCUT2D eigenvalue weighted by atomic mass is 28.4. The molecule has 0 N–H and O–H groups in total. The third kappa shape index (κ3) is 10.5. The average Bonchev–Trinajstić information content (AvgIpc) is 2.12. The van der Waals surface area contributed by atoms with Gasteiger partial charge in [-0.1, -0.05) is 12.6 Å². The average molecular weight is 275 g/mol. The van der Waals surface area contributed by atoms with E-state index in [0.717, 1.165) is 12.5 Å². The Bertz CT molecular complexity index is 257. The molecule has 0 rings (SSSR count). The molecular weight excluding hydrogens is 248 g/mol. The van der Waals surface area contributed by atoms with Crippen molar-refractivity contribution in [3.8, 4) is 0 Å². The van der Waals surface area contributed by atoms with Crippen LogP contribution in [0.5, 0.6) is 0 Å². The minimum atomic E-state index is -1.45. The van der Waals surface area contributed by atoms with E-state index in [4.69, 9.17) is 9.16 Å². The predicted octanol–water partition coefficient (Wildman–Crippen LogP) is 2.28. The van der Waals surface area contributed by atoms with Gasteiger partial charge in [-0.15, -0.1) is 0 Å². The highest BCUT2D eigenvalue weighted by Crippen LogP contribution is 2.17. The number of rotatable bonds is 8. The Labute approximate surface area is 109 Å². The van der Waals surface area contributed by atoms with Gasteiger partial charge in [0, 0.05) is 11.3 Å². The maximum absolute atomic E-state index is 10.8. The maximum Gasteiger partial charge on any atom is 0.330 e. The van der Waals surface area contributed by atoms with Gasteiger partial charge in [0.1, 0.15) is 0 Å². The third-order valence-corrected chi connectivity index (χ3v) is 5.82. The van der Waals surface area contributed by atoms with Crippen molar-refractivity contribution in [3.05, 3.63) is 12.7 Å². The molecule has 0 spiro atoms. The van der Waals surface area contributed by atoms with E-state index in [1.807, 2.05) is 0 Å². The molecule has 0 saturated heterocycles. The van der Waals surface area contributed by atoms with Gasteiger partial charge in [-0.3, -0.25) is 0 Å². The Morgan fingerprint density at radius 3 is 2.47 bits per heavy atom. The van der Waals surface area contributed by atoms with E-state index in [-0.39, 0.29) is 20.7 Å². The van der Waals surface area contributed by atoms with E-state index in [1.165, 1.54) is 6.08 Å². The fourth-order valence-corrected chi connectivity index (χ4v) is 6.43. The molecule has 0 aliphatic heterocycles. The summed E-state index contributed by atoms with van der Waals surface area (Å²) in [4.78, 5) is 10.8. The Morgan fingerprint density at radius 2 is 2.00 bits per heavy atom. The van der Waals surface area contributed by atoms with Crippen molar-refractivity contribution in [2.45, 2.75) is 51.2 Å². The van der Waals surface area contributed by atoms with Gasteiger partial charge in [0.15, 0.2) is 8.32 Å². The smallest absolute Gasteiger partial charge is 0.330 e. The monoisotopic (exact) mass is 274 g/mol. The highest BCUT2D eigenvalue weighted by Gasteiger charge is 2.26. The molecule has 0 bridgehead atoms. The first kappa shape index (κ1) is 16.6. The summed E-state index contributed by atoms with van der Waals surface area (Å²) >= 11 is 0. The first-order chi connectivity index (χ1) is 7.66. The van der Waals surface area contributed by atoms with E-state index >= 15 is 0 Å². The van der Waals surface area contributed by atoms with Gasteiger partial charge in [-0.05, 0) is 39.9 Å². The summed E-state index contributed by atoms with van der Waals surface area (Å²) in [7, 11) is -1.75. The first-order valence-electron chi connectivity index (χ1n) is 6.16. The minimum absolute atomic E-state index is 0.0624. The zero-order valence-corrected chi connectivity index (χ0v) is 14.3. The van der Waals surface area contributed by atoms with Crippen LogP contribution in [0.4, 0.5) is 0 Å². The second kappa shape index (κ2) is 7.13. The molecule has 0 aromatic carbocycles. The molecule has 0 fully saturated rings. The van der Waals surface area contributed by atoms with Crippen LogP contribution in [0.25, 0.3) is 0 Å². The lowest BCUT2D eigenvalue weighted by molar-refractivity contribution is -0.137. The molecule has 0 atom stereocenters. The van der Waals surface area contributed by atoms with E-state index in [1.54, 1.807) is 0 Å². The first-order valence-corrected chi connectivity index (χ1v) is 11.3. The number of hydrogen-bond donors (Lipinski definition) is 0. The molecule has 0 heterocycles. The van der Waals surface area contributed by atoms with Gasteiger partial charge in [-0.2, -0.15) is 0 Å². The lowest BCUT2D eigenvalue weighted by atomic mass is 10.5. The Morgan fingerprint density at radius 1 is 1.41 bits per heavy atom. The van der Waals surface area contributed by atoms with Crippen LogP contribution in [0.2, 0.25) is 25.7 Å². The summed E-state index contributed by atoms with van der Waals surface area (Å²) < 4.78 is 11.1. The number of ether oxygens (including phenoxy) is 1. The molecule has 0 aromatic rings. The summed E-state index contributed by atoms with van der Waals surface area (Å²) in [5.41, 5.74) is 0. The van der Waals surface area contributed by atoms with E-state index in [0.29, 0.717) is 6.61 Å². The number of carbonyl (C=O) groups excluding carboxylic acids is 1. The summed E-state index contributed by atoms with van der Waals surface area (Å²) in [6, 6.07) is 1.14. The van der Waals surface area contributed by atoms with E-state index < -0.39 is 8.32 Å². The highest BCUT2D eigenvalue weighted by molar-refractivity contribution is 6.70. The number of esters is 1. The number of carbonyl (C=O) groups is 1. The second-order valence-electron chi connectivity index (χ2n) is 5.80. The SMILES string of the molecule is C=CC(=O)OCCC[SiH2]C(C)(C)O[Si](C)(C)C. The van der Waals surface area contributed by atoms with Gasteiger partial charge in [0.2, 0.25) is 0 Å². The van der Waals surface area contributed by atoms with Crippen LogP contribution in [0.1, 0.15) is 20.3 Å². The maximum atomic E-state index is 10.8. The van der Waals surface area contributed by atoms with Crippen molar-refractivity contribution >= 4 is 23.8 Å². The van der Waals surface area contributed by atoms with Gasteiger partial charge >= 0.3 is 5.97 Å². The van der Waals surface area contributed by atoms with Crippen LogP contribution < -0.4 is 0 Å². The summed E-state index contributed by atoms with van der Waals surface area (Å²) in [5, 5.41) is 0.0624. The fourth-order valence-electron chi connectivity index (χ4n) is 1.76. The van der Waals surface area contributed by atoms with Crippen molar-refractivity contribution < 1.29 is 14.0 Å². The number of hydrogen-bond acceptors (Lipinski definition) is 3. The van der Waals surface area contributed by atoms with Crippen LogP contribution in [0, 0.1) is 0 Å². The molecule has 100 valence electrons. The molecular formula is C12H26O3Si2. The fraction of sp³-hybridized carbons (Fsp3) is 0.750. The molecule has 0 aliphatic rings. The largest absolute Gasteiger partial charge is 0.463 e. The predicted molar refractivity (Wildman–Crippen MR) is 77.6 cm³/mol. The topological polar surface area (TPSA) is 35.5 Å². The second-order valence-corrected chi connectivity index (χ2v) is 13.1. The molecule has 0 aliphatic carbocycles. The third-order valence-electron chi connectivity index (χ3n) is 2.17. The molecule has 0 unspecified atom stereocenters. The molecule has 0 aromatic heterocycles. The molecule has 0 saturated carbocycles. The molecule has 17 heavy (non-hydrogen) atoms. The van der Waals surface area contributed by atoms with Crippen LogP contribution in [-0.4, -0.2) is 35.6 Å².